The van der Waals surface area contributed by atoms with E-state index in [1.54, 1.807) is 6.92 Å². The molecule has 2 aliphatic rings. The van der Waals surface area contributed by atoms with E-state index in [1.807, 2.05) is 24.3 Å². The molecule has 228 valence electrons. The van der Waals surface area contributed by atoms with Crippen LogP contribution in [0.5, 0.6) is 5.75 Å². The van der Waals surface area contributed by atoms with Crippen LogP contribution in [0.1, 0.15) is 61.4 Å². The molecule has 1 fully saturated rings. The smallest absolute Gasteiger partial charge is 0.376 e. The second kappa shape index (κ2) is 12.7. The van der Waals surface area contributed by atoms with Crippen LogP contribution < -0.4 is 20.1 Å². The van der Waals surface area contributed by atoms with Crippen molar-refractivity contribution in [1.82, 2.24) is 20.9 Å². The van der Waals surface area contributed by atoms with E-state index in [0.29, 0.717) is 12.8 Å². The molecule has 0 unspecified atom stereocenters. The number of hydrogen-bond acceptors (Lipinski definition) is 7. The van der Waals surface area contributed by atoms with Crippen LogP contribution in [0.2, 0.25) is 0 Å². The largest absolute Gasteiger partial charge is 0.534 e. The van der Waals surface area contributed by atoms with Crippen LogP contribution in [-0.4, -0.2) is 62.2 Å². The third-order valence-electron chi connectivity index (χ3n) is 7.57. The first-order chi connectivity index (χ1) is 19.8. The summed E-state index contributed by atoms with van der Waals surface area (Å²) in [5.74, 6) is -2.29. The molecule has 42 heavy (non-hydrogen) atoms. The third kappa shape index (κ3) is 6.86. The fourth-order valence-corrected chi connectivity index (χ4v) is 5.70. The van der Waals surface area contributed by atoms with Gasteiger partial charge in [0.1, 0.15) is 17.8 Å². The van der Waals surface area contributed by atoms with Crippen LogP contribution in [0.15, 0.2) is 48.5 Å². The summed E-state index contributed by atoms with van der Waals surface area (Å²) in [6.07, 6.45) is 3.46. The van der Waals surface area contributed by atoms with Gasteiger partial charge >= 0.3 is 15.6 Å². The van der Waals surface area contributed by atoms with Gasteiger partial charge in [0, 0.05) is 6.54 Å². The van der Waals surface area contributed by atoms with Crippen LogP contribution in [0, 0.1) is 0 Å². The highest BCUT2D eigenvalue weighted by molar-refractivity contribution is 7.88. The van der Waals surface area contributed by atoms with E-state index in [0.717, 1.165) is 42.5 Å². The van der Waals surface area contributed by atoms with Crippen molar-refractivity contribution in [2.24, 2.45) is 0 Å². The number of likely N-dealkylation sites (N-methyl/N-ethyl adjacent to an activating group) is 1. The Labute approximate surface area is 242 Å². The highest BCUT2D eigenvalue weighted by atomic mass is 32.2. The van der Waals surface area contributed by atoms with Crippen LogP contribution in [-0.2, 0) is 30.9 Å². The van der Waals surface area contributed by atoms with Crippen molar-refractivity contribution < 1.29 is 40.2 Å². The number of aryl methyl sites for hydroxylation is 1. The lowest BCUT2D eigenvalue weighted by molar-refractivity contribution is -0.142. The van der Waals surface area contributed by atoms with Gasteiger partial charge in [-0.2, -0.15) is 21.6 Å². The maximum absolute atomic E-state index is 13.9. The zero-order valence-corrected chi connectivity index (χ0v) is 23.9. The normalized spacial score (nSPS) is 20.3. The number of carbonyl (C=O) groups excluding carboxylic acids is 3. The third-order valence-corrected chi connectivity index (χ3v) is 8.54. The summed E-state index contributed by atoms with van der Waals surface area (Å²) < 4.78 is 66.1. The number of nitrogens with one attached hydrogen (secondary N) is 3. The van der Waals surface area contributed by atoms with Gasteiger partial charge in [-0.05, 0) is 74.9 Å². The number of carbonyl (C=O) groups is 3. The van der Waals surface area contributed by atoms with Crippen LogP contribution in [0.3, 0.4) is 0 Å². The van der Waals surface area contributed by atoms with Crippen LogP contribution >= 0.6 is 0 Å². The van der Waals surface area contributed by atoms with Crippen molar-refractivity contribution >= 4 is 27.8 Å². The van der Waals surface area contributed by atoms with Gasteiger partial charge in [-0.15, -0.1) is 0 Å². The number of amides is 3. The van der Waals surface area contributed by atoms with Gasteiger partial charge in [0.25, 0.3) is 0 Å². The number of hydrogen-bond donors (Lipinski definition) is 3. The molecule has 3 amide bonds. The Bertz CT molecular complexity index is 1430. The molecule has 0 bridgehead atoms. The molecule has 2 aromatic carbocycles. The first kappa shape index (κ1) is 31.3. The van der Waals surface area contributed by atoms with Crippen molar-refractivity contribution in [3.8, 4) is 5.75 Å². The lowest BCUT2D eigenvalue weighted by Crippen LogP contribution is -2.52. The molecule has 0 aromatic heterocycles. The minimum atomic E-state index is -5.97. The average Bonchev–Trinajstić information content (AvgIpc) is 3.45. The quantitative estimate of drug-likeness (QED) is 0.294. The maximum Gasteiger partial charge on any atom is 0.534 e. The summed E-state index contributed by atoms with van der Waals surface area (Å²) in [6.45, 7) is 1.76. The molecule has 0 spiro atoms. The number of rotatable bonds is 9. The Morgan fingerprint density at radius 3 is 2.50 bits per heavy atom. The molecule has 10 nitrogen and oxygen atoms in total. The predicted molar refractivity (Wildman–Crippen MR) is 146 cm³/mol. The molecule has 4 rings (SSSR count). The van der Waals surface area contributed by atoms with Gasteiger partial charge in [0.2, 0.25) is 17.7 Å². The SMILES string of the molecule is CN[C@@H](C)C(=O)N[C@H](C(=O)N1CCC[C@H]1C(=O)N[C@@H]1CCCc2ccccc21)c1cccc(OS(=O)(=O)C(F)(F)F)c1. The number of benzene rings is 2. The summed E-state index contributed by atoms with van der Waals surface area (Å²) in [6, 6.07) is 9.12. The van der Waals surface area contributed by atoms with Gasteiger partial charge in [-0.1, -0.05) is 36.4 Å². The molecular weight excluding hydrogens is 577 g/mol. The first-order valence-corrected chi connectivity index (χ1v) is 15.0. The molecule has 1 saturated heterocycles. The van der Waals surface area contributed by atoms with E-state index in [9.17, 15) is 36.0 Å². The highest BCUT2D eigenvalue weighted by Crippen LogP contribution is 2.32. The summed E-state index contributed by atoms with van der Waals surface area (Å²) in [4.78, 5) is 41.6. The topological polar surface area (TPSA) is 134 Å². The Morgan fingerprint density at radius 2 is 1.79 bits per heavy atom. The van der Waals surface area contributed by atoms with Crippen LogP contribution in [0.4, 0.5) is 13.2 Å². The molecule has 2 aromatic rings. The van der Waals surface area contributed by atoms with E-state index >= 15 is 0 Å². The zero-order valence-electron chi connectivity index (χ0n) is 23.1. The van der Waals surface area contributed by atoms with Gasteiger partial charge < -0.3 is 25.0 Å². The fraction of sp³-hybridized carbons (Fsp3) is 0.464. The van der Waals surface area contributed by atoms with E-state index in [2.05, 4.69) is 20.1 Å². The lowest BCUT2D eigenvalue weighted by Gasteiger charge is -2.32. The van der Waals surface area contributed by atoms with Crippen molar-refractivity contribution in [1.29, 1.82) is 0 Å². The molecule has 1 heterocycles. The van der Waals surface area contributed by atoms with E-state index in [1.165, 1.54) is 24.1 Å². The van der Waals surface area contributed by atoms with Gasteiger partial charge in [-0.3, -0.25) is 14.4 Å². The molecule has 14 heteroatoms. The summed E-state index contributed by atoms with van der Waals surface area (Å²) in [5, 5.41) is 8.40. The van der Waals surface area contributed by atoms with E-state index < -0.39 is 51.3 Å². The zero-order chi connectivity index (χ0) is 30.7. The number of halogens is 3. The number of fused-ring (bicyclic) bond motifs is 1. The molecule has 3 N–H and O–H groups in total. The van der Waals surface area contributed by atoms with Gasteiger partial charge in [0.05, 0.1) is 12.1 Å². The van der Waals surface area contributed by atoms with E-state index in [4.69, 9.17) is 0 Å². The number of alkyl halides is 3. The second-order valence-electron chi connectivity index (χ2n) is 10.3. The lowest BCUT2D eigenvalue weighted by atomic mass is 9.87. The number of nitrogens with zero attached hydrogens (tertiary/aromatic N) is 1. The average molecular weight is 611 g/mol. The first-order valence-electron chi connectivity index (χ1n) is 13.6. The summed E-state index contributed by atoms with van der Waals surface area (Å²) in [7, 11) is -4.44. The van der Waals surface area contributed by atoms with Crippen molar-refractivity contribution in [3.63, 3.8) is 0 Å². The van der Waals surface area contributed by atoms with Gasteiger partial charge in [-0.25, -0.2) is 0 Å². The molecule has 0 radical (unpaired) electrons. The fourth-order valence-electron chi connectivity index (χ4n) is 5.25. The molecule has 4 atom stereocenters. The van der Waals surface area contributed by atoms with E-state index in [-0.39, 0.29) is 24.1 Å². The maximum atomic E-state index is 13.9. The predicted octanol–water partition coefficient (Wildman–Crippen LogP) is 2.87. The van der Waals surface area contributed by atoms with Crippen LogP contribution in [0.25, 0.3) is 0 Å². The Kier molecular flexibility index (Phi) is 9.46. The highest BCUT2D eigenvalue weighted by Gasteiger charge is 2.48. The van der Waals surface area contributed by atoms with Crippen molar-refractivity contribution in [2.45, 2.75) is 68.7 Å². The second-order valence-corrected chi connectivity index (χ2v) is 11.9. The Balaban J connectivity index is 1.59. The van der Waals surface area contributed by atoms with Crippen molar-refractivity contribution in [3.05, 3.63) is 65.2 Å². The Morgan fingerprint density at radius 1 is 1.05 bits per heavy atom. The number of likely N-dealkylation sites (tertiary alicyclic amines) is 1. The van der Waals surface area contributed by atoms with Gasteiger partial charge in [0.15, 0.2) is 0 Å². The molecular formula is C28H33F3N4O6S. The molecule has 1 aliphatic heterocycles. The molecule has 1 aliphatic carbocycles. The summed E-state index contributed by atoms with van der Waals surface area (Å²) >= 11 is 0. The standard InChI is InChI=1S/C28H33F3N4O6S/c1-17(32-2)25(36)34-24(19-10-5-11-20(16-19)41-42(39,40)28(29,30)31)27(38)35-15-7-14-23(35)26(37)33-22-13-6-9-18-8-3-4-12-21(18)22/h3-5,8,10-12,16-17,22-24,32H,6-7,9,13-15H2,1-2H3,(H,33,37)(H,34,36)/t17-,22+,23-,24-/m0/s1. The van der Waals surface area contributed by atoms with Crippen molar-refractivity contribution in [2.75, 3.05) is 13.6 Å². The minimum absolute atomic E-state index is 0.0150. The molecule has 0 saturated carbocycles. The summed E-state index contributed by atoms with van der Waals surface area (Å²) in [5.41, 5.74) is -3.49. The minimum Gasteiger partial charge on any atom is -0.376 e. The monoisotopic (exact) mass is 610 g/mol. The Hall–Kier alpha value is -3.65.